The first kappa shape index (κ1) is 24.4. The van der Waals surface area contributed by atoms with E-state index >= 15 is 0 Å². The maximum Gasteiger partial charge on any atom is 0.341 e. The molecule has 0 saturated carbocycles. The second-order valence-corrected chi connectivity index (χ2v) is 10.6. The van der Waals surface area contributed by atoms with Crippen LogP contribution in [0.25, 0.3) is 11.0 Å². The Morgan fingerprint density at radius 1 is 1.22 bits per heavy atom. The van der Waals surface area contributed by atoms with Crippen LogP contribution in [0.1, 0.15) is 69.6 Å². The van der Waals surface area contributed by atoms with Crippen LogP contribution >= 0.6 is 0 Å². The highest BCUT2D eigenvalue weighted by Crippen LogP contribution is 2.53. The molecule has 4 atom stereocenters. The van der Waals surface area contributed by atoms with Gasteiger partial charge in [0, 0.05) is 30.2 Å². The van der Waals surface area contributed by atoms with E-state index in [-0.39, 0.29) is 40.1 Å². The van der Waals surface area contributed by atoms with E-state index in [1.807, 2.05) is 13.8 Å². The van der Waals surface area contributed by atoms with Gasteiger partial charge in [0.1, 0.15) is 39.9 Å². The summed E-state index contributed by atoms with van der Waals surface area (Å²) >= 11 is 0. The molecular formula is C26H33N3O7. The van der Waals surface area contributed by atoms with Crippen LogP contribution in [0.15, 0.2) is 26.3 Å². The number of carbonyl (C=O) groups is 1. The van der Waals surface area contributed by atoms with Gasteiger partial charge in [-0.05, 0) is 52.9 Å². The number of nitrogens with zero attached hydrogens (tertiary/aromatic N) is 1. The Bertz CT molecular complexity index is 1300. The predicted octanol–water partition coefficient (Wildman–Crippen LogP) is 2.74. The fourth-order valence-electron chi connectivity index (χ4n) is 5.82. The summed E-state index contributed by atoms with van der Waals surface area (Å²) in [4.78, 5) is 30.2. The van der Waals surface area contributed by atoms with E-state index in [1.165, 1.54) is 6.07 Å². The molecular weight excluding hydrogens is 466 g/mol. The van der Waals surface area contributed by atoms with Crippen LogP contribution in [-0.4, -0.2) is 47.0 Å². The minimum atomic E-state index is -0.979. The van der Waals surface area contributed by atoms with Gasteiger partial charge in [-0.3, -0.25) is 9.79 Å². The second-order valence-electron chi connectivity index (χ2n) is 10.6. The van der Waals surface area contributed by atoms with Crippen molar-refractivity contribution in [1.29, 1.82) is 0 Å². The zero-order valence-electron chi connectivity index (χ0n) is 20.8. The van der Waals surface area contributed by atoms with Gasteiger partial charge in [0.15, 0.2) is 17.0 Å². The van der Waals surface area contributed by atoms with Crippen molar-refractivity contribution in [2.45, 2.75) is 88.6 Å². The van der Waals surface area contributed by atoms with Crippen LogP contribution in [0.3, 0.4) is 0 Å². The first-order chi connectivity index (χ1) is 17.0. The van der Waals surface area contributed by atoms with Crippen molar-refractivity contribution < 1.29 is 28.5 Å². The highest BCUT2D eigenvalue weighted by molar-refractivity contribution is 5.88. The van der Waals surface area contributed by atoms with Gasteiger partial charge in [-0.15, -0.1) is 0 Å². The molecule has 10 heteroatoms. The van der Waals surface area contributed by atoms with Crippen LogP contribution in [-0.2, 0) is 14.3 Å². The van der Waals surface area contributed by atoms with Crippen molar-refractivity contribution in [2.24, 2.45) is 16.5 Å². The number of esters is 1. The molecule has 0 unspecified atom stereocenters. The van der Waals surface area contributed by atoms with Crippen LogP contribution in [0, 0.1) is 6.92 Å². The molecule has 2 saturated heterocycles. The summed E-state index contributed by atoms with van der Waals surface area (Å²) in [6.45, 7) is 5.87. The molecule has 3 aliphatic rings. The number of aliphatic imine (C=N–C) groups is 1. The van der Waals surface area contributed by atoms with Crippen LogP contribution in [0.5, 0.6) is 11.5 Å². The normalized spacial score (nSPS) is 28.6. The number of nitrogens with two attached hydrogens (primary N) is 2. The summed E-state index contributed by atoms with van der Waals surface area (Å²) in [6.07, 6.45) is 3.16. The average molecular weight is 500 g/mol. The molecule has 10 nitrogen and oxygen atoms in total. The highest BCUT2D eigenvalue weighted by Gasteiger charge is 2.64. The van der Waals surface area contributed by atoms with Gasteiger partial charge >= 0.3 is 5.97 Å². The number of epoxide rings is 1. The maximum absolute atomic E-state index is 13.5. The van der Waals surface area contributed by atoms with Crippen molar-refractivity contribution in [3.63, 3.8) is 0 Å². The Hall–Kier alpha value is -3.27. The van der Waals surface area contributed by atoms with E-state index in [0.717, 1.165) is 12.8 Å². The molecule has 3 aliphatic heterocycles. The molecule has 4 heterocycles. The van der Waals surface area contributed by atoms with Crippen molar-refractivity contribution >= 4 is 22.9 Å². The molecule has 1 aromatic carbocycles. The fraction of sp³-hybridized carbons (Fsp3) is 0.577. The number of fused-ring (bicyclic) bond motifs is 4. The lowest BCUT2D eigenvalue weighted by molar-refractivity contribution is -0.170. The van der Waals surface area contributed by atoms with Crippen LogP contribution < -0.4 is 21.6 Å². The minimum absolute atomic E-state index is 0.0399. The maximum atomic E-state index is 13.5. The number of ether oxygens (including phenoxy) is 3. The Kier molecular flexibility index (Phi) is 5.89. The third-order valence-electron chi connectivity index (χ3n) is 7.54. The lowest BCUT2D eigenvalue weighted by atomic mass is 9.77. The zero-order chi connectivity index (χ0) is 25.8. The van der Waals surface area contributed by atoms with Gasteiger partial charge in [-0.1, -0.05) is 6.42 Å². The van der Waals surface area contributed by atoms with Gasteiger partial charge < -0.3 is 35.2 Å². The number of phenolic OH excluding ortho intramolecular Hbond substituents is 1. The molecule has 2 aromatic rings. The van der Waals surface area contributed by atoms with Crippen molar-refractivity contribution in [3.05, 3.63) is 33.7 Å². The first-order valence-corrected chi connectivity index (χ1v) is 12.5. The SMILES string of the molecule is Cc1cc(=O)c2c(O)c3c(cc2o1)OC(C)(C)[C@@H]1OC(=O)[C@@]2(CCCC[C@H]31)O[C@@H]2CCCN=C(N)N. The van der Waals surface area contributed by atoms with Gasteiger partial charge in [0.05, 0.1) is 6.10 Å². The summed E-state index contributed by atoms with van der Waals surface area (Å²) in [5.74, 6) is -0.0250. The third kappa shape index (κ3) is 4.07. The zero-order valence-corrected chi connectivity index (χ0v) is 20.8. The van der Waals surface area contributed by atoms with Gasteiger partial charge in [0.25, 0.3) is 0 Å². The molecule has 0 amide bonds. The number of hydrogen-bond donors (Lipinski definition) is 3. The molecule has 0 bridgehead atoms. The predicted molar refractivity (Wildman–Crippen MR) is 132 cm³/mol. The lowest BCUT2D eigenvalue weighted by Gasteiger charge is -2.44. The monoisotopic (exact) mass is 499 g/mol. The Balaban J connectivity index is 1.47. The smallest absolute Gasteiger partial charge is 0.341 e. The van der Waals surface area contributed by atoms with E-state index < -0.39 is 23.3 Å². The quantitative estimate of drug-likeness (QED) is 0.189. The number of carbonyl (C=O) groups excluding carboxylic acids is 1. The molecule has 1 spiro atoms. The molecule has 5 rings (SSSR count). The van der Waals surface area contributed by atoms with Gasteiger partial charge in [0.2, 0.25) is 0 Å². The number of hydrogen-bond acceptors (Lipinski definition) is 8. The third-order valence-corrected chi connectivity index (χ3v) is 7.54. The summed E-state index contributed by atoms with van der Waals surface area (Å²) in [6, 6.07) is 3.01. The number of benzene rings is 1. The molecule has 5 N–H and O–H groups in total. The number of rotatable bonds is 4. The summed E-state index contributed by atoms with van der Waals surface area (Å²) < 4.78 is 24.1. The molecule has 2 fully saturated rings. The average Bonchev–Trinajstić information content (AvgIpc) is 3.47. The van der Waals surface area contributed by atoms with E-state index in [2.05, 4.69) is 4.99 Å². The number of guanidine groups is 1. The van der Waals surface area contributed by atoms with E-state index in [0.29, 0.717) is 49.3 Å². The summed E-state index contributed by atoms with van der Waals surface area (Å²) in [7, 11) is 0. The fourth-order valence-corrected chi connectivity index (χ4v) is 5.82. The van der Waals surface area contributed by atoms with Crippen LogP contribution in [0.4, 0.5) is 0 Å². The Morgan fingerprint density at radius 2 is 2.00 bits per heavy atom. The lowest BCUT2D eigenvalue weighted by Crippen LogP contribution is -2.52. The molecule has 0 radical (unpaired) electrons. The summed E-state index contributed by atoms with van der Waals surface area (Å²) in [5, 5.41) is 11.4. The van der Waals surface area contributed by atoms with Gasteiger partial charge in [-0.25, -0.2) is 4.79 Å². The number of aromatic hydroxyl groups is 1. The first-order valence-electron chi connectivity index (χ1n) is 12.5. The number of phenols is 1. The molecule has 194 valence electrons. The minimum Gasteiger partial charge on any atom is -0.507 e. The van der Waals surface area contributed by atoms with Crippen molar-refractivity contribution in [1.82, 2.24) is 0 Å². The molecule has 0 aliphatic carbocycles. The van der Waals surface area contributed by atoms with E-state index in [1.54, 1.807) is 13.0 Å². The Labute approximate surface area is 208 Å². The van der Waals surface area contributed by atoms with Crippen LogP contribution in [0.2, 0.25) is 0 Å². The highest BCUT2D eigenvalue weighted by atomic mass is 16.7. The topological polar surface area (TPSA) is 163 Å². The van der Waals surface area contributed by atoms with E-state index in [4.69, 9.17) is 30.1 Å². The molecule has 1 aromatic heterocycles. The van der Waals surface area contributed by atoms with Crippen molar-refractivity contribution in [2.75, 3.05) is 6.54 Å². The Morgan fingerprint density at radius 3 is 2.75 bits per heavy atom. The second kappa shape index (κ2) is 8.69. The standard InChI is InChI=1S/C26H33N3O7/c1-13-11-15(30)20-16(33-13)12-17-19(21(20)31)14-7-4-5-9-26(18(36-26)8-6-10-29-24(27)28)23(32)34-22(14)25(2,3)35-17/h11-12,14,18,22,31H,4-10H2,1-3H3,(H4,27,28,29)/t14-,18-,22-,26+/m1/s1. The molecule has 36 heavy (non-hydrogen) atoms. The number of aryl methyl sites for hydroxylation is 1. The van der Waals surface area contributed by atoms with Gasteiger partial charge in [-0.2, -0.15) is 0 Å². The van der Waals surface area contributed by atoms with Crippen molar-refractivity contribution in [3.8, 4) is 11.5 Å². The van der Waals surface area contributed by atoms with E-state index in [9.17, 15) is 14.7 Å². The summed E-state index contributed by atoms with van der Waals surface area (Å²) in [5.41, 5.74) is 9.32. The largest absolute Gasteiger partial charge is 0.507 e.